The van der Waals surface area contributed by atoms with Crippen molar-refractivity contribution in [2.45, 2.75) is 32.4 Å². The average molecular weight is 296 g/mol. The molecular weight excluding hydrogens is 272 g/mol. The maximum absolute atomic E-state index is 11.6. The first-order valence-corrected chi connectivity index (χ1v) is 6.70. The molecule has 1 aromatic rings. The molecule has 0 bridgehead atoms. The largest absolute Gasteiger partial charge is 0.497 e. The molecule has 0 spiro atoms. The Hall–Kier alpha value is -1.95. The summed E-state index contributed by atoms with van der Waals surface area (Å²) in [5, 5.41) is 2.64. The van der Waals surface area contributed by atoms with Gasteiger partial charge in [0, 0.05) is 18.7 Å². The molecule has 0 saturated carbocycles. The van der Waals surface area contributed by atoms with Gasteiger partial charge in [-0.25, -0.2) is 4.79 Å². The van der Waals surface area contributed by atoms with E-state index in [0.29, 0.717) is 11.5 Å². The van der Waals surface area contributed by atoms with E-state index in [1.165, 1.54) is 0 Å². The maximum atomic E-state index is 11.6. The van der Waals surface area contributed by atoms with Gasteiger partial charge in [-0.2, -0.15) is 0 Å². The Balaban J connectivity index is 2.67. The normalized spacial score (nSPS) is 12.5. The smallest absolute Gasteiger partial charge is 0.407 e. The van der Waals surface area contributed by atoms with Gasteiger partial charge in [0.1, 0.15) is 17.1 Å². The molecule has 0 aliphatic rings. The minimum Gasteiger partial charge on any atom is -0.497 e. The van der Waals surface area contributed by atoms with E-state index in [2.05, 4.69) is 5.32 Å². The molecule has 1 atom stereocenters. The summed E-state index contributed by atoms with van der Waals surface area (Å²) in [7, 11) is 3.14. The second-order valence-electron chi connectivity index (χ2n) is 5.64. The first kappa shape index (κ1) is 17.1. The van der Waals surface area contributed by atoms with E-state index in [9.17, 15) is 4.79 Å². The molecule has 0 fully saturated rings. The fraction of sp³-hybridized carbons (Fsp3) is 0.533. The molecule has 1 rings (SSSR count). The monoisotopic (exact) mass is 296 g/mol. The summed E-state index contributed by atoms with van der Waals surface area (Å²) in [6, 6.07) is 4.99. The number of rotatable bonds is 5. The maximum Gasteiger partial charge on any atom is 0.407 e. The lowest BCUT2D eigenvalue weighted by Gasteiger charge is -2.21. The van der Waals surface area contributed by atoms with E-state index in [4.69, 9.17) is 19.9 Å². The molecule has 0 aliphatic heterocycles. The number of nitrogens with one attached hydrogen (secondary N) is 1. The van der Waals surface area contributed by atoms with E-state index < -0.39 is 11.7 Å². The highest BCUT2D eigenvalue weighted by Gasteiger charge is 2.17. The third kappa shape index (κ3) is 5.91. The Labute approximate surface area is 125 Å². The Morgan fingerprint density at radius 3 is 2.14 bits per heavy atom. The van der Waals surface area contributed by atoms with Gasteiger partial charge in [-0.3, -0.25) is 0 Å². The molecule has 1 unspecified atom stereocenters. The van der Waals surface area contributed by atoms with E-state index >= 15 is 0 Å². The molecule has 0 aromatic heterocycles. The molecule has 1 amide bonds. The summed E-state index contributed by atoms with van der Waals surface area (Å²) in [5.41, 5.74) is 6.35. The zero-order valence-corrected chi connectivity index (χ0v) is 13.2. The van der Waals surface area contributed by atoms with Crippen molar-refractivity contribution < 1.29 is 19.0 Å². The van der Waals surface area contributed by atoms with Crippen molar-refractivity contribution in [2.75, 3.05) is 20.8 Å². The molecular formula is C15H24N2O4. The van der Waals surface area contributed by atoms with E-state index in [1.807, 2.05) is 12.1 Å². The van der Waals surface area contributed by atoms with Crippen LogP contribution in [0.3, 0.4) is 0 Å². The van der Waals surface area contributed by atoms with Gasteiger partial charge in [-0.05, 0) is 38.5 Å². The molecule has 6 nitrogen and oxygen atoms in total. The molecule has 0 saturated heterocycles. The van der Waals surface area contributed by atoms with Gasteiger partial charge in [0.05, 0.1) is 14.2 Å². The second-order valence-corrected chi connectivity index (χ2v) is 5.64. The van der Waals surface area contributed by atoms with E-state index in [1.54, 1.807) is 41.1 Å². The quantitative estimate of drug-likeness (QED) is 0.870. The molecule has 0 heterocycles. The van der Waals surface area contributed by atoms with Crippen LogP contribution in [0.4, 0.5) is 4.79 Å². The van der Waals surface area contributed by atoms with Crippen LogP contribution in [0.2, 0.25) is 0 Å². The van der Waals surface area contributed by atoms with Crippen LogP contribution in [-0.2, 0) is 4.74 Å². The van der Waals surface area contributed by atoms with Crippen molar-refractivity contribution in [3.8, 4) is 11.5 Å². The second kappa shape index (κ2) is 7.17. The first-order valence-electron chi connectivity index (χ1n) is 6.70. The van der Waals surface area contributed by atoms with Crippen LogP contribution < -0.4 is 20.5 Å². The highest BCUT2D eigenvalue weighted by atomic mass is 16.6. The molecule has 6 heteroatoms. The molecule has 1 aromatic carbocycles. The lowest BCUT2D eigenvalue weighted by Crippen LogP contribution is -2.36. The third-order valence-corrected chi connectivity index (χ3v) is 2.67. The van der Waals surface area contributed by atoms with Crippen LogP contribution in [0, 0.1) is 0 Å². The van der Waals surface area contributed by atoms with Gasteiger partial charge in [-0.15, -0.1) is 0 Å². The fourth-order valence-corrected chi connectivity index (χ4v) is 1.67. The number of carbonyl (C=O) groups is 1. The Bertz CT molecular complexity index is 461. The van der Waals surface area contributed by atoms with Crippen LogP contribution >= 0.6 is 0 Å². The predicted molar refractivity (Wildman–Crippen MR) is 80.7 cm³/mol. The number of ether oxygens (including phenoxy) is 3. The van der Waals surface area contributed by atoms with Crippen LogP contribution in [0.25, 0.3) is 0 Å². The molecule has 3 N–H and O–H groups in total. The van der Waals surface area contributed by atoms with Crippen molar-refractivity contribution in [3.63, 3.8) is 0 Å². The minimum absolute atomic E-state index is 0.255. The van der Waals surface area contributed by atoms with Crippen LogP contribution in [0.15, 0.2) is 18.2 Å². The highest BCUT2D eigenvalue weighted by Crippen LogP contribution is 2.25. The lowest BCUT2D eigenvalue weighted by atomic mass is 10.1. The van der Waals surface area contributed by atoms with Crippen molar-refractivity contribution in [1.82, 2.24) is 5.32 Å². The summed E-state index contributed by atoms with van der Waals surface area (Å²) in [5.74, 6) is 1.30. The molecule has 21 heavy (non-hydrogen) atoms. The highest BCUT2D eigenvalue weighted by molar-refractivity contribution is 5.67. The van der Waals surface area contributed by atoms with Crippen LogP contribution in [0.1, 0.15) is 32.4 Å². The van der Waals surface area contributed by atoms with Gasteiger partial charge < -0.3 is 25.3 Å². The van der Waals surface area contributed by atoms with Crippen LogP contribution in [-0.4, -0.2) is 32.5 Å². The minimum atomic E-state index is -0.534. The van der Waals surface area contributed by atoms with E-state index in [-0.39, 0.29) is 12.6 Å². The topological polar surface area (TPSA) is 82.8 Å². The average Bonchev–Trinajstić information content (AvgIpc) is 2.42. The van der Waals surface area contributed by atoms with Crippen molar-refractivity contribution >= 4 is 6.09 Å². The van der Waals surface area contributed by atoms with Gasteiger partial charge >= 0.3 is 6.09 Å². The molecule has 0 aliphatic carbocycles. The number of methoxy groups -OCH3 is 2. The lowest BCUT2D eigenvalue weighted by molar-refractivity contribution is 0.0524. The molecule has 118 valence electrons. The van der Waals surface area contributed by atoms with Crippen molar-refractivity contribution in [2.24, 2.45) is 5.73 Å². The summed E-state index contributed by atoms with van der Waals surface area (Å²) < 4.78 is 15.5. The number of carbonyl (C=O) groups excluding carboxylic acids is 1. The number of hydrogen-bond donors (Lipinski definition) is 2. The third-order valence-electron chi connectivity index (χ3n) is 2.67. The summed E-state index contributed by atoms with van der Waals surface area (Å²) in [6.45, 7) is 5.67. The first-order chi connectivity index (χ1) is 9.75. The van der Waals surface area contributed by atoms with Gasteiger partial charge in [-0.1, -0.05) is 0 Å². The summed E-state index contributed by atoms with van der Waals surface area (Å²) in [4.78, 5) is 11.6. The Kier molecular flexibility index (Phi) is 5.84. The number of amides is 1. The fourth-order valence-electron chi connectivity index (χ4n) is 1.67. The standard InChI is InChI=1S/C15H24N2O4/c1-15(2,3)21-14(18)17-9-13(16)10-6-11(19-4)8-12(7-10)20-5/h6-8,13H,9,16H2,1-5H3,(H,17,18). The van der Waals surface area contributed by atoms with Gasteiger partial charge in [0.2, 0.25) is 0 Å². The summed E-state index contributed by atoms with van der Waals surface area (Å²) in [6.07, 6.45) is -0.493. The SMILES string of the molecule is COc1cc(OC)cc(C(N)CNC(=O)OC(C)(C)C)c1. The van der Waals surface area contributed by atoms with Crippen molar-refractivity contribution in [3.05, 3.63) is 23.8 Å². The van der Waals surface area contributed by atoms with Gasteiger partial charge in [0.15, 0.2) is 0 Å². The van der Waals surface area contributed by atoms with E-state index in [0.717, 1.165) is 5.56 Å². The zero-order chi connectivity index (χ0) is 16.0. The van der Waals surface area contributed by atoms with Crippen molar-refractivity contribution in [1.29, 1.82) is 0 Å². The predicted octanol–water partition coefficient (Wildman–Crippen LogP) is 2.23. The number of alkyl carbamates (subject to hydrolysis) is 1. The Morgan fingerprint density at radius 1 is 1.19 bits per heavy atom. The number of hydrogen-bond acceptors (Lipinski definition) is 5. The van der Waals surface area contributed by atoms with Crippen LogP contribution in [0.5, 0.6) is 11.5 Å². The zero-order valence-electron chi connectivity index (χ0n) is 13.2. The number of benzene rings is 1. The number of nitrogens with two attached hydrogens (primary N) is 1. The summed E-state index contributed by atoms with van der Waals surface area (Å²) >= 11 is 0. The van der Waals surface area contributed by atoms with Gasteiger partial charge in [0.25, 0.3) is 0 Å². The molecule has 0 radical (unpaired) electrons. The Morgan fingerprint density at radius 2 is 1.71 bits per heavy atom.